The summed E-state index contributed by atoms with van der Waals surface area (Å²) >= 11 is 0. The molecule has 0 radical (unpaired) electrons. The number of benzene rings is 1. The summed E-state index contributed by atoms with van der Waals surface area (Å²) in [7, 11) is 0. The molecule has 112 valence electrons. The van der Waals surface area contributed by atoms with Crippen molar-refractivity contribution in [3.63, 3.8) is 0 Å². The minimum Gasteiger partial charge on any atom is -0.395 e. The second-order valence-corrected chi connectivity index (χ2v) is 4.72. The maximum Gasteiger partial charge on any atom is 0.274 e. The van der Waals surface area contributed by atoms with Crippen LogP contribution in [0.3, 0.4) is 0 Å². The summed E-state index contributed by atoms with van der Waals surface area (Å²) in [6, 6.07) is 9.67. The van der Waals surface area contributed by atoms with Gasteiger partial charge in [-0.1, -0.05) is 30.3 Å². The van der Waals surface area contributed by atoms with Gasteiger partial charge >= 0.3 is 0 Å². The number of nitrogens with zero attached hydrogens (tertiary/aromatic N) is 3. The van der Waals surface area contributed by atoms with E-state index in [-0.39, 0.29) is 19.1 Å². The summed E-state index contributed by atoms with van der Waals surface area (Å²) in [6.07, 6.45) is 3.28. The van der Waals surface area contributed by atoms with Gasteiger partial charge in [0.1, 0.15) is 5.69 Å². The molecule has 0 fully saturated rings. The Labute approximate surface area is 123 Å². The summed E-state index contributed by atoms with van der Waals surface area (Å²) in [5, 5.41) is 9.16. The maximum absolute atomic E-state index is 12.5. The van der Waals surface area contributed by atoms with Gasteiger partial charge in [-0.05, 0) is 5.56 Å². The van der Waals surface area contributed by atoms with Crippen LogP contribution < -0.4 is 5.73 Å². The number of hydrogen-bond acceptors (Lipinski definition) is 4. The summed E-state index contributed by atoms with van der Waals surface area (Å²) < 4.78 is 1.78. The molecule has 0 saturated carbocycles. The lowest BCUT2D eigenvalue weighted by Gasteiger charge is -2.20. The van der Waals surface area contributed by atoms with Crippen molar-refractivity contribution in [1.29, 1.82) is 0 Å². The van der Waals surface area contributed by atoms with Crippen LogP contribution in [0.4, 0.5) is 0 Å². The zero-order chi connectivity index (χ0) is 15.1. The molecule has 6 heteroatoms. The lowest BCUT2D eigenvalue weighted by molar-refractivity contribution is 0.0702. The van der Waals surface area contributed by atoms with Gasteiger partial charge in [0.05, 0.1) is 12.9 Å². The van der Waals surface area contributed by atoms with Crippen LogP contribution in [0.15, 0.2) is 42.9 Å². The zero-order valence-electron chi connectivity index (χ0n) is 11.9. The van der Waals surface area contributed by atoms with E-state index in [2.05, 4.69) is 4.98 Å². The van der Waals surface area contributed by atoms with Crippen LogP contribution >= 0.6 is 0 Å². The smallest absolute Gasteiger partial charge is 0.274 e. The summed E-state index contributed by atoms with van der Waals surface area (Å²) in [5.74, 6) is -0.191. The summed E-state index contributed by atoms with van der Waals surface area (Å²) in [5.41, 5.74) is 6.86. The molecule has 3 N–H and O–H groups in total. The van der Waals surface area contributed by atoms with Crippen molar-refractivity contribution in [2.45, 2.75) is 13.1 Å². The molecule has 1 aromatic carbocycles. The largest absolute Gasteiger partial charge is 0.395 e. The standard InChI is InChI=1S/C15H20N4O2/c16-6-7-18-11-14(17-12-18)15(21)19(8-9-20)10-13-4-2-1-3-5-13/h1-5,11-12,20H,6-10,16H2. The van der Waals surface area contributed by atoms with Gasteiger partial charge in [-0.25, -0.2) is 4.98 Å². The van der Waals surface area contributed by atoms with Crippen LogP contribution in [0.2, 0.25) is 0 Å². The Kier molecular flexibility index (Phi) is 5.48. The number of carbonyl (C=O) groups excluding carboxylic acids is 1. The van der Waals surface area contributed by atoms with Gasteiger partial charge in [0.25, 0.3) is 5.91 Å². The number of amides is 1. The first-order valence-electron chi connectivity index (χ1n) is 6.90. The quantitative estimate of drug-likeness (QED) is 0.776. The number of rotatable bonds is 7. The number of imidazole rings is 1. The van der Waals surface area contributed by atoms with Crippen molar-refractivity contribution >= 4 is 5.91 Å². The van der Waals surface area contributed by atoms with Crippen molar-refractivity contribution in [2.24, 2.45) is 5.73 Å². The van der Waals surface area contributed by atoms with Gasteiger partial charge in [0.15, 0.2) is 0 Å². The van der Waals surface area contributed by atoms with E-state index in [9.17, 15) is 4.79 Å². The van der Waals surface area contributed by atoms with Crippen molar-refractivity contribution in [1.82, 2.24) is 14.5 Å². The first-order chi connectivity index (χ1) is 10.2. The van der Waals surface area contributed by atoms with Crippen LogP contribution in [0.5, 0.6) is 0 Å². The van der Waals surface area contributed by atoms with Crippen molar-refractivity contribution in [3.8, 4) is 0 Å². The molecule has 1 amide bonds. The highest BCUT2D eigenvalue weighted by molar-refractivity contribution is 5.92. The van der Waals surface area contributed by atoms with Crippen molar-refractivity contribution < 1.29 is 9.90 Å². The van der Waals surface area contributed by atoms with Gasteiger partial charge in [0, 0.05) is 32.4 Å². The fourth-order valence-corrected chi connectivity index (χ4v) is 2.08. The topological polar surface area (TPSA) is 84.4 Å². The Bertz CT molecular complexity index is 568. The SMILES string of the molecule is NCCn1cnc(C(=O)N(CCO)Cc2ccccc2)c1. The molecule has 0 bridgehead atoms. The number of hydrogen-bond donors (Lipinski definition) is 2. The Morgan fingerprint density at radius 1 is 1.33 bits per heavy atom. The third-order valence-corrected chi connectivity index (χ3v) is 3.11. The lowest BCUT2D eigenvalue weighted by Crippen LogP contribution is -2.33. The van der Waals surface area contributed by atoms with E-state index in [4.69, 9.17) is 10.8 Å². The average Bonchev–Trinajstić information content (AvgIpc) is 2.96. The van der Waals surface area contributed by atoms with E-state index in [0.717, 1.165) is 5.56 Å². The Hall–Kier alpha value is -2.18. The van der Waals surface area contributed by atoms with Crippen molar-refractivity contribution in [3.05, 3.63) is 54.1 Å². The molecule has 0 spiro atoms. The predicted molar refractivity (Wildman–Crippen MR) is 79.5 cm³/mol. The highest BCUT2D eigenvalue weighted by Gasteiger charge is 2.18. The van der Waals surface area contributed by atoms with E-state index >= 15 is 0 Å². The molecule has 0 aliphatic carbocycles. The Morgan fingerprint density at radius 2 is 2.10 bits per heavy atom. The van der Waals surface area contributed by atoms with E-state index in [0.29, 0.717) is 25.3 Å². The normalized spacial score (nSPS) is 10.6. The molecule has 1 heterocycles. The minimum absolute atomic E-state index is 0.0813. The fraction of sp³-hybridized carbons (Fsp3) is 0.333. The molecule has 6 nitrogen and oxygen atoms in total. The molecule has 21 heavy (non-hydrogen) atoms. The van der Waals surface area contributed by atoms with Gasteiger partial charge in [0.2, 0.25) is 0 Å². The highest BCUT2D eigenvalue weighted by atomic mass is 16.3. The number of carbonyl (C=O) groups is 1. The van der Waals surface area contributed by atoms with Crippen LogP contribution in [0.1, 0.15) is 16.1 Å². The number of nitrogens with two attached hydrogens (primary N) is 1. The average molecular weight is 288 g/mol. The lowest BCUT2D eigenvalue weighted by atomic mass is 10.2. The third kappa shape index (κ3) is 4.14. The van der Waals surface area contributed by atoms with Gasteiger partial charge in [-0.3, -0.25) is 4.79 Å². The van der Waals surface area contributed by atoms with Crippen LogP contribution in [-0.4, -0.2) is 45.2 Å². The second-order valence-electron chi connectivity index (χ2n) is 4.72. The Balaban J connectivity index is 2.10. The summed E-state index contributed by atoms with van der Waals surface area (Å²) in [4.78, 5) is 18.2. The number of aromatic nitrogens is 2. The van der Waals surface area contributed by atoms with E-state index in [1.807, 2.05) is 30.3 Å². The van der Waals surface area contributed by atoms with E-state index in [1.54, 1.807) is 22.0 Å². The molecular weight excluding hydrogens is 268 g/mol. The van der Waals surface area contributed by atoms with Crippen LogP contribution in [-0.2, 0) is 13.1 Å². The first kappa shape index (κ1) is 15.2. The molecule has 1 aromatic heterocycles. The minimum atomic E-state index is -0.191. The van der Waals surface area contributed by atoms with E-state index in [1.165, 1.54) is 0 Å². The fourth-order valence-electron chi connectivity index (χ4n) is 2.08. The molecule has 0 atom stereocenters. The molecule has 0 aliphatic rings. The van der Waals surface area contributed by atoms with Crippen LogP contribution in [0, 0.1) is 0 Å². The van der Waals surface area contributed by atoms with Gasteiger partial charge in [-0.15, -0.1) is 0 Å². The molecular formula is C15H20N4O2. The molecule has 0 unspecified atom stereocenters. The van der Waals surface area contributed by atoms with Crippen molar-refractivity contribution in [2.75, 3.05) is 19.7 Å². The predicted octanol–water partition coefficient (Wildman–Crippen LogP) is 0.476. The molecule has 2 rings (SSSR count). The molecule has 2 aromatic rings. The second kappa shape index (κ2) is 7.56. The first-order valence-corrected chi connectivity index (χ1v) is 6.90. The highest BCUT2D eigenvalue weighted by Crippen LogP contribution is 2.08. The van der Waals surface area contributed by atoms with Crippen LogP contribution in [0.25, 0.3) is 0 Å². The van der Waals surface area contributed by atoms with E-state index < -0.39 is 0 Å². The Morgan fingerprint density at radius 3 is 2.76 bits per heavy atom. The maximum atomic E-state index is 12.5. The van der Waals surface area contributed by atoms with Gasteiger partial charge < -0.3 is 20.3 Å². The number of aliphatic hydroxyl groups is 1. The molecule has 0 aliphatic heterocycles. The molecule has 0 saturated heterocycles. The third-order valence-electron chi connectivity index (χ3n) is 3.11. The number of aliphatic hydroxyl groups excluding tert-OH is 1. The van der Waals surface area contributed by atoms with Gasteiger partial charge in [-0.2, -0.15) is 0 Å². The summed E-state index contributed by atoms with van der Waals surface area (Å²) in [6.45, 7) is 1.76. The monoisotopic (exact) mass is 288 g/mol. The zero-order valence-corrected chi connectivity index (χ0v) is 11.9.